The minimum atomic E-state index is 1.13. The van der Waals surface area contributed by atoms with Crippen molar-refractivity contribution in [3.8, 4) is 22.3 Å². The monoisotopic (exact) mass is 421 g/mol. The molecular weight excluding hydrogens is 398 g/mol. The van der Waals surface area contributed by atoms with Crippen LogP contribution >= 0.6 is 0 Å². The van der Waals surface area contributed by atoms with Gasteiger partial charge < -0.3 is 5.32 Å². The molecule has 6 rings (SSSR count). The molecule has 0 fully saturated rings. The van der Waals surface area contributed by atoms with Crippen molar-refractivity contribution >= 4 is 32.9 Å². The van der Waals surface area contributed by atoms with Gasteiger partial charge in [-0.3, -0.25) is 0 Å². The number of fused-ring (bicyclic) bond motifs is 2. The highest BCUT2D eigenvalue weighted by molar-refractivity contribution is 6.09. The molecule has 0 spiro atoms. The maximum absolute atomic E-state index is 3.92. The molecule has 156 valence electrons. The summed E-state index contributed by atoms with van der Waals surface area (Å²) in [5, 5.41) is 8.80. The van der Waals surface area contributed by atoms with Crippen LogP contribution in [0.2, 0.25) is 0 Å². The van der Waals surface area contributed by atoms with Crippen molar-refractivity contribution in [3.05, 3.63) is 133 Å². The lowest BCUT2D eigenvalue weighted by atomic mass is 9.95. The Morgan fingerprint density at radius 1 is 0.333 bits per heavy atom. The first kappa shape index (κ1) is 19.3. The number of rotatable bonds is 4. The molecular formula is C32H23N. The van der Waals surface area contributed by atoms with Crippen molar-refractivity contribution in [1.82, 2.24) is 0 Å². The van der Waals surface area contributed by atoms with E-state index in [1.54, 1.807) is 0 Å². The Labute approximate surface area is 194 Å². The third kappa shape index (κ3) is 3.54. The molecule has 0 aromatic heterocycles. The van der Waals surface area contributed by atoms with Crippen LogP contribution in [0, 0.1) is 0 Å². The minimum absolute atomic E-state index is 1.13. The van der Waals surface area contributed by atoms with E-state index >= 15 is 0 Å². The summed E-state index contributed by atoms with van der Waals surface area (Å²) in [6.07, 6.45) is 0. The molecule has 33 heavy (non-hydrogen) atoms. The van der Waals surface area contributed by atoms with Gasteiger partial charge in [0.1, 0.15) is 0 Å². The highest BCUT2D eigenvalue weighted by Crippen LogP contribution is 2.42. The van der Waals surface area contributed by atoms with Gasteiger partial charge in [0, 0.05) is 21.9 Å². The molecule has 0 aliphatic carbocycles. The zero-order valence-corrected chi connectivity index (χ0v) is 18.2. The fourth-order valence-corrected chi connectivity index (χ4v) is 4.65. The smallest absolute Gasteiger partial charge is 0.0543 e. The van der Waals surface area contributed by atoms with E-state index in [9.17, 15) is 0 Å². The van der Waals surface area contributed by atoms with E-state index < -0.39 is 0 Å². The van der Waals surface area contributed by atoms with E-state index in [1.807, 2.05) is 0 Å². The van der Waals surface area contributed by atoms with E-state index in [-0.39, 0.29) is 0 Å². The summed E-state index contributed by atoms with van der Waals surface area (Å²) in [5.74, 6) is 0. The first-order valence-corrected chi connectivity index (χ1v) is 11.3. The zero-order chi connectivity index (χ0) is 22.0. The lowest BCUT2D eigenvalue weighted by Gasteiger charge is -2.20. The van der Waals surface area contributed by atoms with Gasteiger partial charge in [-0.05, 0) is 21.9 Å². The van der Waals surface area contributed by atoms with Gasteiger partial charge in [-0.1, -0.05) is 133 Å². The molecule has 6 aromatic rings. The molecule has 0 saturated carbocycles. The van der Waals surface area contributed by atoms with Crippen molar-refractivity contribution in [2.45, 2.75) is 0 Å². The lowest BCUT2D eigenvalue weighted by Crippen LogP contribution is -1.98. The van der Waals surface area contributed by atoms with Gasteiger partial charge in [-0.2, -0.15) is 0 Å². The number of hydrogen-bond donors (Lipinski definition) is 1. The van der Waals surface area contributed by atoms with E-state index in [0.29, 0.717) is 0 Å². The molecule has 0 aliphatic heterocycles. The number of anilines is 2. The lowest BCUT2D eigenvalue weighted by molar-refractivity contribution is 1.56. The SMILES string of the molecule is c1ccc(-c2ccc3ccccc3c2Nc2c(-c3ccccc3)ccc3ccccc23)cc1. The number of hydrogen-bond acceptors (Lipinski definition) is 1. The largest absolute Gasteiger partial charge is 0.353 e. The Morgan fingerprint density at radius 3 is 1.18 bits per heavy atom. The Hall–Kier alpha value is -4.36. The molecule has 1 heteroatoms. The van der Waals surface area contributed by atoms with E-state index in [4.69, 9.17) is 0 Å². The summed E-state index contributed by atoms with van der Waals surface area (Å²) in [4.78, 5) is 0. The van der Waals surface area contributed by atoms with Crippen molar-refractivity contribution in [1.29, 1.82) is 0 Å². The molecule has 0 amide bonds. The maximum Gasteiger partial charge on any atom is 0.0543 e. The highest BCUT2D eigenvalue weighted by atomic mass is 14.9. The molecule has 0 heterocycles. The average molecular weight is 422 g/mol. The highest BCUT2D eigenvalue weighted by Gasteiger charge is 2.15. The van der Waals surface area contributed by atoms with Crippen molar-refractivity contribution in [2.75, 3.05) is 5.32 Å². The van der Waals surface area contributed by atoms with Gasteiger partial charge in [0.15, 0.2) is 0 Å². The van der Waals surface area contributed by atoms with Crippen LogP contribution in [0.5, 0.6) is 0 Å². The van der Waals surface area contributed by atoms with Crippen LogP contribution in [0.4, 0.5) is 11.4 Å². The maximum atomic E-state index is 3.92. The summed E-state index contributed by atoms with van der Waals surface area (Å²) >= 11 is 0. The topological polar surface area (TPSA) is 12.0 Å². The molecule has 1 nitrogen and oxygen atoms in total. The summed E-state index contributed by atoms with van der Waals surface area (Å²) in [7, 11) is 0. The van der Waals surface area contributed by atoms with E-state index in [2.05, 4.69) is 139 Å². The Kier molecular flexibility index (Phi) is 4.86. The first-order valence-electron chi connectivity index (χ1n) is 11.3. The van der Waals surface area contributed by atoms with Crippen LogP contribution in [0.1, 0.15) is 0 Å². The quantitative estimate of drug-likeness (QED) is 0.299. The zero-order valence-electron chi connectivity index (χ0n) is 18.2. The van der Waals surface area contributed by atoms with Gasteiger partial charge >= 0.3 is 0 Å². The summed E-state index contributed by atoms with van der Waals surface area (Å²) in [6.45, 7) is 0. The van der Waals surface area contributed by atoms with Crippen LogP contribution in [-0.2, 0) is 0 Å². The molecule has 6 aromatic carbocycles. The Morgan fingerprint density at radius 2 is 0.727 bits per heavy atom. The molecule has 0 saturated heterocycles. The minimum Gasteiger partial charge on any atom is -0.353 e. The second-order valence-corrected chi connectivity index (χ2v) is 8.28. The van der Waals surface area contributed by atoms with E-state index in [0.717, 1.165) is 11.4 Å². The third-order valence-corrected chi connectivity index (χ3v) is 6.28. The molecule has 0 radical (unpaired) electrons. The average Bonchev–Trinajstić information content (AvgIpc) is 2.90. The van der Waals surface area contributed by atoms with Crippen LogP contribution in [0.3, 0.4) is 0 Å². The number of benzene rings is 6. The van der Waals surface area contributed by atoms with Crippen LogP contribution in [0.15, 0.2) is 133 Å². The molecule has 0 unspecified atom stereocenters. The van der Waals surface area contributed by atoms with Gasteiger partial charge in [-0.15, -0.1) is 0 Å². The van der Waals surface area contributed by atoms with Crippen LogP contribution < -0.4 is 5.32 Å². The standard InChI is InChI=1S/C32H23N/c1-3-11-23(12-4-1)29-21-19-25-15-7-9-17-27(25)31(29)33-32-28-18-10-8-16-26(28)20-22-30(32)24-13-5-2-6-14-24/h1-22,33H. The van der Waals surface area contributed by atoms with Gasteiger partial charge in [0.25, 0.3) is 0 Å². The predicted octanol–water partition coefficient (Wildman–Crippen LogP) is 9.07. The summed E-state index contributed by atoms with van der Waals surface area (Å²) < 4.78 is 0. The molecule has 1 N–H and O–H groups in total. The van der Waals surface area contributed by atoms with Crippen LogP contribution in [-0.4, -0.2) is 0 Å². The second kappa shape index (κ2) is 8.29. The second-order valence-electron chi connectivity index (χ2n) is 8.28. The van der Waals surface area contributed by atoms with Crippen LogP contribution in [0.25, 0.3) is 43.8 Å². The van der Waals surface area contributed by atoms with E-state index in [1.165, 1.54) is 43.8 Å². The van der Waals surface area contributed by atoms with Gasteiger partial charge in [-0.25, -0.2) is 0 Å². The van der Waals surface area contributed by atoms with Gasteiger partial charge in [0.2, 0.25) is 0 Å². The fourth-order valence-electron chi connectivity index (χ4n) is 4.65. The van der Waals surface area contributed by atoms with Crippen molar-refractivity contribution < 1.29 is 0 Å². The third-order valence-electron chi connectivity index (χ3n) is 6.28. The molecule has 0 aliphatic rings. The van der Waals surface area contributed by atoms with Gasteiger partial charge in [0.05, 0.1) is 11.4 Å². The fraction of sp³-hybridized carbons (Fsp3) is 0. The molecule has 0 atom stereocenters. The Balaban J connectivity index is 1.65. The van der Waals surface area contributed by atoms with Crippen molar-refractivity contribution in [3.63, 3.8) is 0 Å². The van der Waals surface area contributed by atoms with Crippen molar-refractivity contribution in [2.24, 2.45) is 0 Å². The molecule has 0 bridgehead atoms. The summed E-state index contributed by atoms with van der Waals surface area (Å²) in [5.41, 5.74) is 7.06. The first-order chi connectivity index (χ1) is 16.4. The number of nitrogens with one attached hydrogen (secondary N) is 1. The normalized spacial score (nSPS) is 11.0. The predicted molar refractivity (Wildman–Crippen MR) is 142 cm³/mol. The summed E-state index contributed by atoms with van der Waals surface area (Å²) in [6, 6.07) is 47.3. The Bertz CT molecular complexity index is 1450.